The number of likely N-dealkylation sites (N-methyl/N-ethyl adjacent to an activating group) is 1. The average molecular weight is 359 g/mol. The molecule has 7 heteroatoms. The van der Waals surface area contributed by atoms with Crippen LogP contribution in [0.4, 0.5) is 5.69 Å². The number of hydrogen-bond acceptors (Lipinski definition) is 6. The molecule has 0 aromatic heterocycles. The maximum atomic E-state index is 12.1. The third-order valence-electron chi connectivity index (χ3n) is 5.25. The maximum Gasteiger partial charge on any atom is 0.243 e. The SMILES string of the molecule is CN(Cc1cc(N2CCC(O)CC2)ccc1C=O)C1CCC(=O)NC1=O. The Bertz CT molecular complexity index is 698. The van der Waals surface area contributed by atoms with E-state index >= 15 is 0 Å². The van der Waals surface area contributed by atoms with Crippen LogP contribution in [0.5, 0.6) is 0 Å². The maximum absolute atomic E-state index is 12.1. The number of benzene rings is 1. The van der Waals surface area contributed by atoms with Gasteiger partial charge in [0.05, 0.1) is 12.1 Å². The molecule has 140 valence electrons. The van der Waals surface area contributed by atoms with E-state index in [9.17, 15) is 19.5 Å². The topological polar surface area (TPSA) is 89.9 Å². The molecule has 1 unspecified atom stereocenters. The van der Waals surface area contributed by atoms with Gasteiger partial charge in [-0.05, 0) is 50.1 Å². The summed E-state index contributed by atoms with van der Waals surface area (Å²) >= 11 is 0. The second-order valence-corrected chi connectivity index (χ2v) is 7.10. The van der Waals surface area contributed by atoms with Crippen LogP contribution in [-0.2, 0) is 16.1 Å². The minimum atomic E-state index is -0.374. The van der Waals surface area contributed by atoms with Crippen LogP contribution in [0.1, 0.15) is 41.6 Å². The summed E-state index contributed by atoms with van der Waals surface area (Å²) in [6.07, 6.45) is 2.89. The fourth-order valence-corrected chi connectivity index (χ4v) is 3.65. The Morgan fingerprint density at radius 2 is 2.00 bits per heavy atom. The van der Waals surface area contributed by atoms with E-state index in [4.69, 9.17) is 0 Å². The van der Waals surface area contributed by atoms with Gasteiger partial charge in [-0.15, -0.1) is 0 Å². The van der Waals surface area contributed by atoms with Crippen molar-refractivity contribution in [2.45, 2.75) is 44.4 Å². The summed E-state index contributed by atoms with van der Waals surface area (Å²) in [6, 6.07) is 5.35. The van der Waals surface area contributed by atoms with Crippen LogP contribution in [0.25, 0.3) is 0 Å². The zero-order chi connectivity index (χ0) is 18.7. The van der Waals surface area contributed by atoms with Crippen molar-refractivity contribution in [2.24, 2.45) is 0 Å². The number of aliphatic hydroxyl groups is 1. The van der Waals surface area contributed by atoms with E-state index in [2.05, 4.69) is 10.2 Å². The number of aliphatic hydroxyl groups excluding tert-OH is 1. The Morgan fingerprint density at radius 3 is 2.65 bits per heavy atom. The molecule has 2 amide bonds. The van der Waals surface area contributed by atoms with Gasteiger partial charge in [-0.3, -0.25) is 24.6 Å². The molecule has 0 spiro atoms. The van der Waals surface area contributed by atoms with Crippen molar-refractivity contribution in [3.05, 3.63) is 29.3 Å². The Hall–Kier alpha value is -2.25. The van der Waals surface area contributed by atoms with Crippen LogP contribution in [0, 0.1) is 0 Å². The molecule has 2 aliphatic rings. The van der Waals surface area contributed by atoms with Crippen molar-refractivity contribution in [1.29, 1.82) is 0 Å². The summed E-state index contributed by atoms with van der Waals surface area (Å²) in [4.78, 5) is 38.9. The molecule has 7 nitrogen and oxygen atoms in total. The second kappa shape index (κ2) is 7.97. The molecule has 2 fully saturated rings. The Kier molecular flexibility index (Phi) is 5.68. The van der Waals surface area contributed by atoms with Crippen molar-refractivity contribution in [1.82, 2.24) is 10.2 Å². The van der Waals surface area contributed by atoms with E-state index in [1.54, 1.807) is 6.07 Å². The number of anilines is 1. The number of piperidine rings is 2. The molecule has 1 aromatic carbocycles. The monoisotopic (exact) mass is 359 g/mol. The van der Waals surface area contributed by atoms with Crippen LogP contribution in [-0.4, -0.2) is 60.4 Å². The number of hydrogen-bond donors (Lipinski definition) is 2. The minimum Gasteiger partial charge on any atom is -0.393 e. The highest BCUT2D eigenvalue weighted by atomic mass is 16.3. The van der Waals surface area contributed by atoms with Crippen molar-refractivity contribution in [3.8, 4) is 0 Å². The normalized spacial score (nSPS) is 21.8. The summed E-state index contributed by atoms with van der Waals surface area (Å²) in [6.45, 7) is 2.01. The number of rotatable bonds is 5. The van der Waals surface area contributed by atoms with Gasteiger partial charge >= 0.3 is 0 Å². The lowest BCUT2D eigenvalue weighted by Gasteiger charge is -2.33. The minimum absolute atomic E-state index is 0.234. The van der Waals surface area contributed by atoms with Crippen LogP contribution in [0.2, 0.25) is 0 Å². The van der Waals surface area contributed by atoms with Gasteiger partial charge in [0.2, 0.25) is 11.8 Å². The molecule has 26 heavy (non-hydrogen) atoms. The number of imide groups is 1. The van der Waals surface area contributed by atoms with Gasteiger partial charge < -0.3 is 10.0 Å². The third-order valence-corrected chi connectivity index (χ3v) is 5.25. The molecule has 1 aromatic rings. The average Bonchev–Trinajstić information content (AvgIpc) is 2.62. The smallest absolute Gasteiger partial charge is 0.243 e. The molecule has 2 saturated heterocycles. The summed E-state index contributed by atoms with van der Waals surface area (Å²) < 4.78 is 0. The summed E-state index contributed by atoms with van der Waals surface area (Å²) in [5.41, 5.74) is 2.48. The lowest BCUT2D eigenvalue weighted by Crippen LogP contribution is -2.51. The molecule has 0 radical (unpaired) electrons. The number of carbonyl (C=O) groups excluding carboxylic acids is 3. The first kappa shape index (κ1) is 18.5. The fraction of sp³-hybridized carbons (Fsp3) is 0.526. The van der Waals surface area contributed by atoms with Gasteiger partial charge in [-0.25, -0.2) is 0 Å². The van der Waals surface area contributed by atoms with E-state index in [-0.39, 0.29) is 24.0 Å². The van der Waals surface area contributed by atoms with Gasteiger partial charge in [0.15, 0.2) is 0 Å². The second-order valence-electron chi connectivity index (χ2n) is 7.10. The molecule has 2 N–H and O–H groups in total. The van der Waals surface area contributed by atoms with Crippen LogP contribution >= 0.6 is 0 Å². The van der Waals surface area contributed by atoms with Gasteiger partial charge in [0.1, 0.15) is 6.29 Å². The van der Waals surface area contributed by atoms with Crippen molar-refractivity contribution in [3.63, 3.8) is 0 Å². The van der Waals surface area contributed by atoms with Crippen LogP contribution in [0.3, 0.4) is 0 Å². The first-order chi connectivity index (χ1) is 12.5. The Balaban J connectivity index is 1.75. The van der Waals surface area contributed by atoms with Crippen molar-refractivity contribution < 1.29 is 19.5 Å². The van der Waals surface area contributed by atoms with E-state index in [1.165, 1.54) is 0 Å². The number of amides is 2. The molecule has 2 heterocycles. The van der Waals surface area contributed by atoms with Gasteiger partial charge in [-0.1, -0.05) is 0 Å². The molecule has 2 aliphatic heterocycles. The zero-order valence-corrected chi connectivity index (χ0v) is 15.0. The fourth-order valence-electron chi connectivity index (χ4n) is 3.65. The van der Waals surface area contributed by atoms with Gasteiger partial charge in [0, 0.05) is 37.3 Å². The predicted octanol–water partition coefficient (Wildman–Crippen LogP) is 0.697. The molecular weight excluding hydrogens is 334 g/mol. The highest BCUT2D eigenvalue weighted by Gasteiger charge is 2.30. The first-order valence-electron chi connectivity index (χ1n) is 9.03. The number of aldehydes is 1. The Labute approximate surface area is 153 Å². The van der Waals surface area contributed by atoms with E-state index in [0.29, 0.717) is 24.9 Å². The van der Waals surface area contributed by atoms with Crippen molar-refractivity contribution >= 4 is 23.8 Å². The van der Waals surface area contributed by atoms with Crippen LogP contribution in [0.15, 0.2) is 18.2 Å². The molecule has 1 atom stereocenters. The highest BCUT2D eigenvalue weighted by molar-refractivity contribution is 6.00. The molecular formula is C19H25N3O4. The van der Waals surface area contributed by atoms with Crippen LogP contribution < -0.4 is 10.2 Å². The standard InChI is InChI=1S/C19H25N3O4/c1-21(17-4-5-18(25)20-19(17)26)11-14-10-15(3-2-13(14)12-23)22-8-6-16(24)7-9-22/h2-3,10,12,16-17,24H,4-9,11H2,1H3,(H,20,25,26). The summed E-state index contributed by atoms with van der Waals surface area (Å²) in [7, 11) is 1.83. The van der Waals surface area contributed by atoms with E-state index < -0.39 is 0 Å². The van der Waals surface area contributed by atoms with E-state index in [1.807, 2.05) is 24.1 Å². The molecule has 0 saturated carbocycles. The zero-order valence-electron chi connectivity index (χ0n) is 15.0. The quantitative estimate of drug-likeness (QED) is 0.594. The summed E-state index contributed by atoms with van der Waals surface area (Å²) in [5.74, 6) is -0.514. The number of nitrogens with one attached hydrogen (secondary N) is 1. The Morgan fingerprint density at radius 1 is 1.27 bits per heavy atom. The molecule has 0 aliphatic carbocycles. The number of carbonyl (C=O) groups is 3. The lowest BCUT2D eigenvalue weighted by atomic mass is 10.0. The predicted molar refractivity (Wildman–Crippen MR) is 96.9 cm³/mol. The first-order valence-corrected chi connectivity index (χ1v) is 9.03. The molecule has 0 bridgehead atoms. The highest BCUT2D eigenvalue weighted by Crippen LogP contribution is 2.24. The van der Waals surface area contributed by atoms with Gasteiger partial charge in [-0.2, -0.15) is 0 Å². The largest absolute Gasteiger partial charge is 0.393 e. The molecule has 3 rings (SSSR count). The number of nitrogens with zero attached hydrogens (tertiary/aromatic N) is 2. The lowest BCUT2D eigenvalue weighted by molar-refractivity contribution is -0.137. The third kappa shape index (κ3) is 4.11. The van der Waals surface area contributed by atoms with Gasteiger partial charge in [0.25, 0.3) is 0 Å². The van der Waals surface area contributed by atoms with E-state index in [0.717, 1.165) is 43.5 Å². The van der Waals surface area contributed by atoms with Crippen molar-refractivity contribution in [2.75, 3.05) is 25.0 Å². The summed E-state index contributed by atoms with van der Waals surface area (Å²) in [5, 5.41) is 12.0.